The van der Waals surface area contributed by atoms with Crippen LogP contribution in [-0.4, -0.2) is 57.1 Å². The molecule has 2 N–H and O–H groups in total. The maximum absolute atomic E-state index is 17.7. The minimum atomic E-state index is -0.736. The van der Waals surface area contributed by atoms with E-state index in [0.29, 0.717) is 64.4 Å². The molecule has 1 fully saturated rings. The van der Waals surface area contributed by atoms with Gasteiger partial charge in [-0.1, -0.05) is 38.1 Å². The Morgan fingerprint density at radius 1 is 1.15 bits per heavy atom. The van der Waals surface area contributed by atoms with Crippen molar-refractivity contribution < 1.29 is 13.6 Å². The van der Waals surface area contributed by atoms with E-state index in [-0.39, 0.29) is 45.6 Å². The van der Waals surface area contributed by atoms with Gasteiger partial charge >= 0.3 is 5.76 Å². The molecule has 2 aliphatic heterocycles. The number of aromatic amines is 1. The minimum Gasteiger partial charge on any atom is -0.407 e. The number of anilines is 2. The van der Waals surface area contributed by atoms with Gasteiger partial charge in [0.15, 0.2) is 11.4 Å². The van der Waals surface area contributed by atoms with Gasteiger partial charge in [0.2, 0.25) is 5.91 Å². The van der Waals surface area contributed by atoms with E-state index in [1.54, 1.807) is 42.3 Å². The number of amides is 1. The highest BCUT2D eigenvalue weighted by molar-refractivity contribution is 6.35. The second-order valence-corrected chi connectivity index (χ2v) is 13.1. The standard InChI is InChI=1S/C35H34ClFN6O4/c1-7-24(44)41-15-20-13-39-29-32(42(20)14-19(41)6)21-12-22(36)26(25-17(4)8-9-23-33(25)47-35(46)40-23)27(37)31(21)43(34(29)45)30-18(5)10-11-38-28(30)16(2)3/h7-12,16,19-20,39H,1,13-15H2,2-6H3,(H,40,46). The number of aryl methyl sites for hydroxylation is 2. The third-order valence-corrected chi connectivity index (χ3v) is 9.70. The van der Waals surface area contributed by atoms with Crippen molar-refractivity contribution in [3.63, 3.8) is 0 Å². The Morgan fingerprint density at radius 3 is 2.64 bits per heavy atom. The molecule has 0 aliphatic carbocycles. The quantitative estimate of drug-likeness (QED) is 0.227. The minimum absolute atomic E-state index is 0.0147. The summed E-state index contributed by atoms with van der Waals surface area (Å²) < 4.78 is 24.6. The molecule has 0 bridgehead atoms. The predicted molar refractivity (Wildman–Crippen MR) is 183 cm³/mol. The number of benzene rings is 2. The molecule has 2 atom stereocenters. The zero-order chi connectivity index (χ0) is 33.5. The number of pyridine rings is 2. The lowest BCUT2D eigenvalue weighted by Gasteiger charge is -2.49. The van der Waals surface area contributed by atoms with Crippen molar-refractivity contribution in [2.45, 2.75) is 52.6 Å². The van der Waals surface area contributed by atoms with E-state index in [1.807, 2.05) is 27.7 Å². The van der Waals surface area contributed by atoms with Crippen LogP contribution in [0.25, 0.3) is 38.8 Å². The number of oxazole rings is 1. The molecule has 7 rings (SSSR count). The molecule has 12 heteroatoms. The third-order valence-electron chi connectivity index (χ3n) is 9.40. The molecule has 242 valence electrons. The van der Waals surface area contributed by atoms with Gasteiger partial charge in [0.05, 0.1) is 39.2 Å². The molecule has 2 aliphatic rings. The molecule has 0 spiro atoms. The Hall–Kier alpha value is -4.90. The average Bonchev–Trinajstić information content (AvgIpc) is 3.42. The second-order valence-electron chi connectivity index (χ2n) is 12.7. The Kier molecular flexibility index (Phi) is 7.27. The number of carbonyl (C=O) groups is 1. The summed E-state index contributed by atoms with van der Waals surface area (Å²) in [4.78, 5) is 50.8. The summed E-state index contributed by atoms with van der Waals surface area (Å²) in [7, 11) is 0. The monoisotopic (exact) mass is 656 g/mol. The molecule has 0 radical (unpaired) electrons. The molecule has 1 amide bonds. The first kappa shape index (κ1) is 30.7. The Labute approximate surface area is 274 Å². The van der Waals surface area contributed by atoms with Crippen molar-refractivity contribution in [2.24, 2.45) is 0 Å². The van der Waals surface area contributed by atoms with Gasteiger partial charge in [0, 0.05) is 48.4 Å². The fourth-order valence-corrected chi connectivity index (χ4v) is 7.48. The van der Waals surface area contributed by atoms with Gasteiger partial charge in [-0.15, -0.1) is 0 Å². The van der Waals surface area contributed by atoms with Crippen LogP contribution in [0.4, 0.5) is 15.8 Å². The summed E-state index contributed by atoms with van der Waals surface area (Å²) in [6.45, 7) is 14.4. The van der Waals surface area contributed by atoms with Crippen LogP contribution < -0.4 is 21.5 Å². The van der Waals surface area contributed by atoms with Crippen LogP contribution in [0.1, 0.15) is 43.5 Å². The number of hydrogen-bond acceptors (Lipinski definition) is 7. The van der Waals surface area contributed by atoms with Gasteiger partial charge in [-0.05, 0) is 62.1 Å². The van der Waals surface area contributed by atoms with Gasteiger partial charge in [0.1, 0.15) is 5.69 Å². The molecule has 1 saturated heterocycles. The number of rotatable bonds is 4. The molecule has 0 saturated carbocycles. The Morgan fingerprint density at radius 2 is 1.91 bits per heavy atom. The molecule has 47 heavy (non-hydrogen) atoms. The van der Waals surface area contributed by atoms with E-state index in [4.69, 9.17) is 16.0 Å². The highest BCUT2D eigenvalue weighted by Gasteiger charge is 2.40. The normalized spacial score (nSPS) is 17.6. The number of carbonyl (C=O) groups excluding carboxylic acids is 1. The number of nitrogens with one attached hydrogen (secondary N) is 2. The summed E-state index contributed by atoms with van der Waals surface area (Å²) >= 11 is 7.03. The van der Waals surface area contributed by atoms with Crippen molar-refractivity contribution in [1.82, 2.24) is 19.4 Å². The van der Waals surface area contributed by atoms with Crippen molar-refractivity contribution in [3.8, 4) is 16.8 Å². The van der Waals surface area contributed by atoms with E-state index >= 15 is 4.39 Å². The highest BCUT2D eigenvalue weighted by Crippen LogP contribution is 2.46. The first-order valence-electron chi connectivity index (χ1n) is 15.6. The molecule has 5 aromatic rings. The van der Waals surface area contributed by atoms with E-state index in [0.717, 1.165) is 5.56 Å². The maximum Gasteiger partial charge on any atom is 0.417 e. The molecule has 3 aromatic heterocycles. The van der Waals surface area contributed by atoms with Crippen LogP contribution >= 0.6 is 11.6 Å². The largest absolute Gasteiger partial charge is 0.417 e. The summed E-state index contributed by atoms with van der Waals surface area (Å²) in [6, 6.07) is 6.53. The highest BCUT2D eigenvalue weighted by atomic mass is 35.5. The molecule has 2 aromatic carbocycles. The molecular weight excluding hydrogens is 623 g/mol. The fourth-order valence-electron chi connectivity index (χ4n) is 7.20. The third kappa shape index (κ3) is 4.58. The summed E-state index contributed by atoms with van der Waals surface area (Å²) in [5.41, 5.74) is 3.84. The lowest BCUT2D eigenvalue weighted by Crippen LogP contribution is -2.62. The van der Waals surface area contributed by atoms with Crippen LogP contribution in [0.15, 0.2) is 57.1 Å². The van der Waals surface area contributed by atoms with Crippen LogP contribution in [-0.2, 0) is 4.79 Å². The number of piperazine rings is 1. The number of fused-ring (bicyclic) bond motifs is 6. The van der Waals surface area contributed by atoms with Crippen LogP contribution in [0.2, 0.25) is 5.02 Å². The van der Waals surface area contributed by atoms with E-state index in [1.165, 1.54) is 10.6 Å². The van der Waals surface area contributed by atoms with Gasteiger partial charge < -0.3 is 19.5 Å². The lowest BCUT2D eigenvalue weighted by molar-refractivity contribution is -0.128. The van der Waals surface area contributed by atoms with Gasteiger partial charge in [-0.3, -0.25) is 24.1 Å². The van der Waals surface area contributed by atoms with Gasteiger partial charge in [-0.2, -0.15) is 0 Å². The van der Waals surface area contributed by atoms with Gasteiger partial charge in [0.25, 0.3) is 5.56 Å². The molecule has 10 nitrogen and oxygen atoms in total. The molecule has 2 unspecified atom stereocenters. The van der Waals surface area contributed by atoms with E-state index < -0.39 is 17.1 Å². The Balaban J connectivity index is 1.62. The summed E-state index contributed by atoms with van der Waals surface area (Å²) in [6.07, 6.45) is 2.99. The van der Waals surface area contributed by atoms with Crippen molar-refractivity contribution >= 4 is 50.9 Å². The van der Waals surface area contributed by atoms with Crippen LogP contribution in [0.3, 0.4) is 0 Å². The topological polar surface area (TPSA) is 116 Å². The zero-order valence-electron chi connectivity index (χ0n) is 26.7. The SMILES string of the molecule is C=CC(=O)N1CC2CNc3c(c4cc(Cl)c(-c5c(C)ccc6[nH]c(=O)oc56)c(F)c4n(-c4c(C)ccnc4C(C)C)c3=O)N2CC1C. The number of H-pyrrole nitrogens is 1. The summed E-state index contributed by atoms with van der Waals surface area (Å²) in [5, 5.41) is 3.85. The first-order valence-corrected chi connectivity index (χ1v) is 15.9. The Bertz CT molecular complexity index is 2270. The number of halogens is 2. The van der Waals surface area contributed by atoms with Crippen molar-refractivity contribution in [1.29, 1.82) is 0 Å². The van der Waals surface area contributed by atoms with Crippen molar-refractivity contribution in [2.75, 3.05) is 29.9 Å². The number of hydrogen-bond donors (Lipinski definition) is 2. The van der Waals surface area contributed by atoms with E-state index in [2.05, 4.69) is 26.8 Å². The smallest absolute Gasteiger partial charge is 0.407 e. The second kappa shape index (κ2) is 11.1. The predicted octanol–water partition coefficient (Wildman–Crippen LogP) is 6.04. The molecule has 5 heterocycles. The first-order chi connectivity index (χ1) is 22.4. The van der Waals surface area contributed by atoms with Crippen LogP contribution in [0, 0.1) is 19.7 Å². The average molecular weight is 657 g/mol. The van der Waals surface area contributed by atoms with E-state index in [9.17, 15) is 14.4 Å². The number of nitrogens with zero attached hydrogens (tertiary/aromatic N) is 4. The maximum atomic E-state index is 17.7. The summed E-state index contributed by atoms with van der Waals surface area (Å²) in [5.74, 6) is -1.67. The van der Waals surface area contributed by atoms with Crippen LogP contribution in [0.5, 0.6) is 0 Å². The fraction of sp³-hybridized carbons (Fsp3) is 0.314. The molecular formula is C35H34ClFN6O4. The lowest BCUT2D eigenvalue weighted by atomic mass is 9.94. The van der Waals surface area contributed by atoms with Crippen molar-refractivity contribution in [3.05, 3.63) is 91.7 Å². The van der Waals surface area contributed by atoms with Gasteiger partial charge in [-0.25, -0.2) is 9.18 Å². The zero-order valence-corrected chi connectivity index (χ0v) is 27.5. The number of aromatic nitrogens is 3.